The van der Waals surface area contributed by atoms with Gasteiger partial charge < -0.3 is 5.11 Å². The Labute approximate surface area is 168 Å². The molecule has 0 aliphatic heterocycles. The summed E-state index contributed by atoms with van der Waals surface area (Å²) in [7, 11) is 0. The van der Waals surface area contributed by atoms with E-state index in [4.69, 9.17) is 0 Å². The largest absolute Gasteiger partial charge is 0.508 e. The topological polar surface area (TPSA) is 42.2 Å². The Morgan fingerprint density at radius 2 is 1.70 bits per heavy atom. The highest BCUT2D eigenvalue weighted by Crippen LogP contribution is 2.35. The molecule has 0 fully saturated rings. The molecule has 3 aromatic carbocycles. The van der Waals surface area contributed by atoms with E-state index in [9.17, 15) is 27.5 Å². The molecule has 0 saturated carbocycles. The Hall–Kier alpha value is -3.61. The lowest BCUT2D eigenvalue weighted by molar-refractivity contribution is -0.139. The zero-order chi connectivity index (χ0) is 21.6. The SMILES string of the molecule is Cc1cccc(-n2cc(-c3ccc(C(F)(F)F)c(F)c3)c3cc(O)ccc3c2=O)c1. The number of benzene rings is 3. The summed E-state index contributed by atoms with van der Waals surface area (Å²) in [4.78, 5) is 13.0. The van der Waals surface area contributed by atoms with E-state index in [-0.39, 0.29) is 22.3 Å². The van der Waals surface area contributed by atoms with Crippen LogP contribution in [-0.2, 0) is 6.18 Å². The Balaban J connectivity index is 2.04. The van der Waals surface area contributed by atoms with Crippen molar-refractivity contribution in [1.82, 2.24) is 4.57 Å². The van der Waals surface area contributed by atoms with Crippen LogP contribution in [0.4, 0.5) is 17.6 Å². The second-order valence-corrected chi connectivity index (χ2v) is 6.98. The number of aromatic nitrogens is 1. The Morgan fingerprint density at radius 3 is 2.37 bits per heavy atom. The summed E-state index contributed by atoms with van der Waals surface area (Å²) in [5.74, 6) is -1.54. The average molecular weight is 413 g/mol. The molecule has 0 unspecified atom stereocenters. The van der Waals surface area contributed by atoms with Gasteiger partial charge in [-0.1, -0.05) is 18.2 Å². The van der Waals surface area contributed by atoms with Crippen molar-refractivity contribution in [1.29, 1.82) is 0 Å². The number of aryl methyl sites for hydroxylation is 1. The molecule has 0 amide bonds. The van der Waals surface area contributed by atoms with E-state index in [0.29, 0.717) is 22.7 Å². The number of pyridine rings is 1. The maximum absolute atomic E-state index is 14.2. The second kappa shape index (κ2) is 7.02. The fourth-order valence-electron chi connectivity index (χ4n) is 3.44. The summed E-state index contributed by atoms with van der Waals surface area (Å²) in [6, 6.07) is 13.9. The van der Waals surface area contributed by atoms with Crippen molar-refractivity contribution >= 4 is 10.8 Å². The van der Waals surface area contributed by atoms with Crippen molar-refractivity contribution in [2.75, 3.05) is 0 Å². The smallest absolute Gasteiger partial charge is 0.419 e. The quantitative estimate of drug-likeness (QED) is 0.420. The molecule has 0 saturated heterocycles. The first-order valence-corrected chi connectivity index (χ1v) is 8.98. The number of phenolic OH excluding ortho intramolecular Hbond substituents is 1. The van der Waals surface area contributed by atoms with Crippen LogP contribution in [0.5, 0.6) is 5.75 Å². The molecule has 0 aliphatic rings. The van der Waals surface area contributed by atoms with Crippen LogP contribution >= 0.6 is 0 Å². The summed E-state index contributed by atoms with van der Waals surface area (Å²) in [6.07, 6.45) is -3.37. The summed E-state index contributed by atoms with van der Waals surface area (Å²) >= 11 is 0. The van der Waals surface area contributed by atoms with Crippen LogP contribution in [0.15, 0.2) is 71.7 Å². The third kappa shape index (κ3) is 3.43. The number of phenols is 1. The van der Waals surface area contributed by atoms with Gasteiger partial charge in [-0.15, -0.1) is 0 Å². The normalized spacial score (nSPS) is 11.8. The van der Waals surface area contributed by atoms with Crippen molar-refractivity contribution in [3.05, 3.63) is 94.2 Å². The monoisotopic (exact) mass is 413 g/mol. The van der Waals surface area contributed by atoms with Crippen LogP contribution in [0, 0.1) is 12.7 Å². The maximum atomic E-state index is 14.2. The van der Waals surface area contributed by atoms with Crippen LogP contribution in [0.2, 0.25) is 0 Å². The van der Waals surface area contributed by atoms with Crippen molar-refractivity contribution in [3.8, 4) is 22.6 Å². The molecule has 0 spiro atoms. The second-order valence-electron chi connectivity index (χ2n) is 6.98. The van der Waals surface area contributed by atoms with E-state index < -0.39 is 17.6 Å². The average Bonchev–Trinajstić information content (AvgIpc) is 2.67. The Bertz CT molecular complexity index is 1340. The molecule has 30 heavy (non-hydrogen) atoms. The summed E-state index contributed by atoms with van der Waals surface area (Å²) in [6.45, 7) is 1.86. The molecule has 7 heteroatoms. The van der Waals surface area contributed by atoms with Crippen molar-refractivity contribution in [2.45, 2.75) is 13.1 Å². The third-order valence-corrected chi connectivity index (χ3v) is 4.87. The first kappa shape index (κ1) is 19.7. The summed E-state index contributed by atoms with van der Waals surface area (Å²) in [5, 5.41) is 10.4. The molecule has 1 N–H and O–H groups in total. The fourth-order valence-corrected chi connectivity index (χ4v) is 3.44. The summed E-state index contributed by atoms with van der Waals surface area (Å²) in [5.41, 5.74) is 0.195. The molecule has 0 radical (unpaired) electrons. The van der Waals surface area contributed by atoms with Gasteiger partial charge in [-0.3, -0.25) is 9.36 Å². The number of nitrogens with zero attached hydrogens (tertiary/aromatic N) is 1. The van der Waals surface area contributed by atoms with Crippen LogP contribution in [-0.4, -0.2) is 9.67 Å². The minimum absolute atomic E-state index is 0.121. The zero-order valence-electron chi connectivity index (χ0n) is 15.7. The summed E-state index contributed by atoms with van der Waals surface area (Å²) < 4.78 is 54.4. The predicted octanol–water partition coefficient (Wildman–Crippen LogP) is 5.83. The van der Waals surface area contributed by atoms with E-state index in [1.807, 2.05) is 13.0 Å². The van der Waals surface area contributed by atoms with Crippen LogP contribution in [0.3, 0.4) is 0 Å². The maximum Gasteiger partial charge on any atom is 0.419 e. The highest BCUT2D eigenvalue weighted by Gasteiger charge is 2.34. The first-order valence-electron chi connectivity index (χ1n) is 8.98. The fraction of sp³-hybridized carbons (Fsp3) is 0.0870. The molecule has 4 aromatic rings. The Kier molecular flexibility index (Phi) is 4.61. The molecular formula is C23H15F4NO2. The molecule has 0 aliphatic carbocycles. The van der Waals surface area contributed by atoms with E-state index >= 15 is 0 Å². The van der Waals surface area contributed by atoms with E-state index in [2.05, 4.69) is 0 Å². The minimum atomic E-state index is -4.82. The lowest BCUT2D eigenvalue weighted by atomic mass is 9.98. The number of aromatic hydroxyl groups is 1. The van der Waals surface area contributed by atoms with Gasteiger partial charge in [0.1, 0.15) is 11.6 Å². The van der Waals surface area contributed by atoms with Gasteiger partial charge in [0.2, 0.25) is 0 Å². The van der Waals surface area contributed by atoms with E-state index in [1.165, 1.54) is 29.0 Å². The highest BCUT2D eigenvalue weighted by molar-refractivity contribution is 5.97. The lowest BCUT2D eigenvalue weighted by Crippen LogP contribution is -2.18. The number of fused-ring (bicyclic) bond motifs is 1. The van der Waals surface area contributed by atoms with Crippen LogP contribution < -0.4 is 5.56 Å². The minimum Gasteiger partial charge on any atom is -0.508 e. The van der Waals surface area contributed by atoms with Gasteiger partial charge >= 0.3 is 6.18 Å². The number of hydrogen-bond donors (Lipinski definition) is 1. The third-order valence-electron chi connectivity index (χ3n) is 4.87. The van der Waals surface area contributed by atoms with Gasteiger partial charge in [0.15, 0.2) is 0 Å². The first-order chi connectivity index (χ1) is 14.1. The highest BCUT2D eigenvalue weighted by atomic mass is 19.4. The number of rotatable bonds is 2. The predicted molar refractivity (Wildman–Crippen MR) is 106 cm³/mol. The lowest BCUT2D eigenvalue weighted by Gasteiger charge is -2.15. The molecule has 3 nitrogen and oxygen atoms in total. The molecule has 152 valence electrons. The van der Waals surface area contributed by atoms with Gasteiger partial charge in [-0.05, 0) is 60.5 Å². The molecule has 0 bridgehead atoms. The molecule has 1 aromatic heterocycles. The van der Waals surface area contributed by atoms with E-state index in [1.54, 1.807) is 18.2 Å². The van der Waals surface area contributed by atoms with Gasteiger partial charge in [0.05, 0.1) is 5.56 Å². The molecular weight excluding hydrogens is 398 g/mol. The molecule has 4 rings (SSSR count). The van der Waals surface area contributed by atoms with Gasteiger partial charge in [-0.25, -0.2) is 4.39 Å². The van der Waals surface area contributed by atoms with Gasteiger partial charge in [0, 0.05) is 28.2 Å². The van der Waals surface area contributed by atoms with Gasteiger partial charge in [-0.2, -0.15) is 13.2 Å². The van der Waals surface area contributed by atoms with Gasteiger partial charge in [0.25, 0.3) is 5.56 Å². The van der Waals surface area contributed by atoms with Crippen LogP contribution in [0.1, 0.15) is 11.1 Å². The van der Waals surface area contributed by atoms with Crippen molar-refractivity contribution in [2.24, 2.45) is 0 Å². The van der Waals surface area contributed by atoms with E-state index in [0.717, 1.165) is 17.7 Å². The Morgan fingerprint density at radius 1 is 0.933 bits per heavy atom. The molecule has 0 atom stereocenters. The van der Waals surface area contributed by atoms with Crippen molar-refractivity contribution in [3.63, 3.8) is 0 Å². The number of alkyl halides is 3. The van der Waals surface area contributed by atoms with Crippen molar-refractivity contribution < 1.29 is 22.7 Å². The van der Waals surface area contributed by atoms with Crippen LogP contribution in [0.25, 0.3) is 27.6 Å². The zero-order valence-corrected chi connectivity index (χ0v) is 15.7. The molecule has 1 heterocycles. The standard InChI is InChI=1S/C23H15F4NO2/c1-13-3-2-4-15(9-13)28-12-19(18-11-16(29)6-7-17(18)22(28)30)14-5-8-20(21(24)10-14)23(25,26)27/h2-12,29H,1H3. The number of halogens is 4. The number of hydrogen-bond acceptors (Lipinski definition) is 2.